The number of amides is 2. The number of para-hydroxylation sites is 2. The summed E-state index contributed by atoms with van der Waals surface area (Å²) in [5.41, 5.74) is 4.47. The van der Waals surface area contributed by atoms with Gasteiger partial charge in [-0.05, 0) is 23.3 Å². The Morgan fingerprint density at radius 2 is 1.72 bits per heavy atom. The number of methoxy groups -OCH3 is 1. The molecule has 2 aliphatic rings. The number of hydrogen-bond donors (Lipinski definition) is 2. The van der Waals surface area contributed by atoms with E-state index in [1.807, 2.05) is 78.9 Å². The van der Waals surface area contributed by atoms with Crippen molar-refractivity contribution in [2.24, 2.45) is 0 Å². The molecule has 1 aromatic heterocycles. The molecule has 3 aromatic carbocycles. The van der Waals surface area contributed by atoms with Gasteiger partial charge in [-0.1, -0.05) is 66.7 Å². The first-order chi connectivity index (χ1) is 17.6. The van der Waals surface area contributed by atoms with Crippen LogP contribution in [0.3, 0.4) is 0 Å². The lowest BCUT2D eigenvalue weighted by Crippen LogP contribution is -2.63. The second-order valence-corrected chi connectivity index (χ2v) is 9.37. The Labute approximate surface area is 208 Å². The Balaban J connectivity index is 1.43. The summed E-state index contributed by atoms with van der Waals surface area (Å²) < 4.78 is 5.67. The highest BCUT2D eigenvalue weighted by molar-refractivity contribution is 5.97. The minimum Gasteiger partial charge on any atom is -0.496 e. The molecule has 7 nitrogen and oxygen atoms in total. The fourth-order valence-electron chi connectivity index (χ4n) is 5.68. The van der Waals surface area contributed by atoms with Gasteiger partial charge < -0.3 is 24.6 Å². The van der Waals surface area contributed by atoms with Gasteiger partial charge in [-0.15, -0.1) is 0 Å². The number of H-pyrrole nitrogens is 1. The number of fused-ring (bicyclic) bond motifs is 4. The number of ether oxygens (including phenoxy) is 1. The molecule has 1 saturated heterocycles. The maximum absolute atomic E-state index is 13.9. The Hall–Kier alpha value is -4.10. The van der Waals surface area contributed by atoms with Crippen LogP contribution >= 0.6 is 0 Å². The van der Waals surface area contributed by atoms with E-state index >= 15 is 0 Å². The van der Waals surface area contributed by atoms with Crippen LogP contribution in [0.25, 0.3) is 10.9 Å². The molecule has 0 bridgehead atoms. The Bertz CT molecular complexity index is 1450. The van der Waals surface area contributed by atoms with E-state index in [0.29, 0.717) is 12.2 Å². The third-order valence-corrected chi connectivity index (χ3v) is 7.35. The minimum absolute atomic E-state index is 0.0684. The molecule has 182 valence electrons. The standard InChI is InChI=1S/C29H27N3O4/c1-36-25-14-8-6-12-20(25)28-27-21(19-11-5-7-13-22(19)30-27)15-23-29(35)31(17-26(34)32(23)28)16-24(33)18-9-3-2-4-10-18/h2-14,23-24,28,30,33H,15-17H2,1H3. The van der Waals surface area contributed by atoms with E-state index in [4.69, 9.17) is 4.74 Å². The van der Waals surface area contributed by atoms with Crippen molar-refractivity contribution in [3.8, 4) is 5.75 Å². The molecule has 3 unspecified atom stereocenters. The number of carbonyl (C=O) groups excluding carboxylic acids is 2. The van der Waals surface area contributed by atoms with E-state index in [-0.39, 0.29) is 24.9 Å². The van der Waals surface area contributed by atoms with E-state index in [1.165, 1.54) is 4.90 Å². The second kappa shape index (κ2) is 8.84. The number of aromatic nitrogens is 1. The first kappa shape index (κ1) is 22.4. The summed E-state index contributed by atoms with van der Waals surface area (Å²) in [6.07, 6.45) is -0.459. The predicted molar refractivity (Wildman–Crippen MR) is 135 cm³/mol. The molecule has 7 heteroatoms. The number of aliphatic hydroxyl groups excluding tert-OH is 1. The van der Waals surface area contributed by atoms with Crippen molar-refractivity contribution >= 4 is 22.7 Å². The minimum atomic E-state index is -0.869. The molecule has 3 heterocycles. The van der Waals surface area contributed by atoms with Gasteiger partial charge in [0.25, 0.3) is 0 Å². The highest BCUT2D eigenvalue weighted by Crippen LogP contribution is 2.44. The van der Waals surface area contributed by atoms with Gasteiger partial charge in [-0.3, -0.25) is 9.59 Å². The van der Waals surface area contributed by atoms with Crippen LogP contribution in [-0.4, -0.2) is 57.9 Å². The highest BCUT2D eigenvalue weighted by atomic mass is 16.5. The van der Waals surface area contributed by atoms with Crippen LogP contribution in [0.2, 0.25) is 0 Å². The molecule has 3 atom stereocenters. The summed E-state index contributed by atoms with van der Waals surface area (Å²) >= 11 is 0. The zero-order valence-corrected chi connectivity index (χ0v) is 19.9. The molecule has 0 saturated carbocycles. The van der Waals surface area contributed by atoms with Gasteiger partial charge in [0, 0.05) is 28.6 Å². The number of β-amino-alcohol motifs (C(OH)–C–C–N with tert-alkyl or cyclic N) is 1. The molecule has 0 spiro atoms. The number of benzene rings is 3. The van der Waals surface area contributed by atoms with E-state index in [9.17, 15) is 14.7 Å². The average molecular weight is 482 g/mol. The number of aromatic amines is 1. The topological polar surface area (TPSA) is 85.9 Å². The van der Waals surface area contributed by atoms with E-state index in [0.717, 1.165) is 33.3 Å². The maximum Gasteiger partial charge on any atom is 0.246 e. The fourth-order valence-corrected chi connectivity index (χ4v) is 5.68. The van der Waals surface area contributed by atoms with Gasteiger partial charge in [0.2, 0.25) is 11.8 Å². The average Bonchev–Trinajstić information content (AvgIpc) is 3.29. The van der Waals surface area contributed by atoms with E-state index in [2.05, 4.69) is 4.98 Å². The zero-order chi connectivity index (χ0) is 24.8. The first-order valence-corrected chi connectivity index (χ1v) is 12.1. The third kappa shape index (κ3) is 3.55. The monoisotopic (exact) mass is 481 g/mol. The fraction of sp³-hybridized carbons (Fsp3) is 0.241. The van der Waals surface area contributed by atoms with Gasteiger partial charge in [-0.25, -0.2) is 0 Å². The number of carbonyl (C=O) groups is 2. The van der Waals surface area contributed by atoms with Gasteiger partial charge in [0.15, 0.2) is 0 Å². The Morgan fingerprint density at radius 3 is 2.53 bits per heavy atom. The second-order valence-electron chi connectivity index (χ2n) is 9.37. The molecule has 2 N–H and O–H groups in total. The van der Waals surface area contributed by atoms with Gasteiger partial charge in [0.1, 0.15) is 17.8 Å². The normalized spacial score (nSPS) is 20.3. The number of piperazine rings is 1. The summed E-state index contributed by atoms with van der Waals surface area (Å²) in [5, 5.41) is 11.8. The SMILES string of the molecule is COc1ccccc1C1c2[nH]c3ccccc3c2CC2C(=O)N(CC(O)c3ccccc3)CC(=O)N21. The molecule has 36 heavy (non-hydrogen) atoms. The molecular formula is C29H27N3O4. The first-order valence-electron chi connectivity index (χ1n) is 12.1. The summed E-state index contributed by atoms with van der Waals surface area (Å²) in [4.78, 5) is 34.3. The summed E-state index contributed by atoms with van der Waals surface area (Å²) in [6.45, 7) is -0.0145. The van der Waals surface area contributed by atoms with Gasteiger partial charge >= 0.3 is 0 Å². The summed E-state index contributed by atoms with van der Waals surface area (Å²) in [6, 6.07) is 23.7. The Morgan fingerprint density at radius 1 is 1.00 bits per heavy atom. The number of hydrogen-bond acceptors (Lipinski definition) is 4. The lowest BCUT2D eigenvalue weighted by atomic mass is 9.85. The van der Waals surface area contributed by atoms with Crippen LogP contribution in [0.1, 0.15) is 34.5 Å². The van der Waals surface area contributed by atoms with Gasteiger partial charge in [0.05, 0.1) is 26.3 Å². The molecule has 2 amide bonds. The van der Waals surface area contributed by atoms with Crippen LogP contribution in [0, 0.1) is 0 Å². The lowest BCUT2D eigenvalue weighted by molar-refractivity contribution is -0.159. The molecule has 0 aliphatic carbocycles. The van der Waals surface area contributed by atoms with Crippen molar-refractivity contribution in [1.29, 1.82) is 0 Å². The number of aliphatic hydroxyl groups is 1. The van der Waals surface area contributed by atoms with Crippen LogP contribution in [0.15, 0.2) is 78.9 Å². The van der Waals surface area contributed by atoms with Crippen LogP contribution in [0.5, 0.6) is 5.75 Å². The largest absolute Gasteiger partial charge is 0.496 e. The molecule has 2 aliphatic heterocycles. The quantitative estimate of drug-likeness (QED) is 0.456. The van der Waals surface area contributed by atoms with Crippen molar-refractivity contribution in [3.63, 3.8) is 0 Å². The van der Waals surface area contributed by atoms with E-state index < -0.39 is 18.2 Å². The number of nitrogens with one attached hydrogen (secondary N) is 1. The molecule has 1 fully saturated rings. The smallest absolute Gasteiger partial charge is 0.246 e. The van der Waals surface area contributed by atoms with Crippen molar-refractivity contribution in [2.45, 2.75) is 24.6 Å². The predicted octanol–water partition coefficient (Wildman–Crippen LogP) is 3.60. The van der Waals surface area contributed by atoms with Crippen molar-refractivity contribution in [3.05, 3.63) is 101 Å². The van der Waals surface area contributed by atoms with Crippen LogP contribution in [0.4, 0.5) is 0 Å². The zero-order valence-electron chi connectivity index (χ0n) is 19.9. The molecular weight excluding hydrogens is 454 g/mol. The van der Waals surface area contributed by atoms with Crippen LogP contribution in [-0.2, 0) is 16.0 Å². The van der Waals surface area contributed by atoms with Crippen LogP contribution < -0.4 is 4.74 Å². The van der Waals surface area contributed by atoms with Crippen molar-refractivity contribution < 1.29 is 19.4 Å². The van der Waals surface area contributed by atoms with Crippen molar-refractivity contribution in [1.82, 2.24) is 14.8 Å². The van der Waals surface area contributed by atoms with Gasteiger partial charge in [-0.2, -0.15) is 0 Å². The summed E-state index contributed by atoms with van der Waals surface area (Å²) in [5.74, 6) is 0.357. The molecule has 4 aromatic rings. The summed E-state index contributed by atoms with van der Waals surface area (Å²) in [7, 11) is 1.61. The Kier molecular flexibility index (Phi) is 5.49. The molecule has 0 radical (unpaired) electrons. The third-order valence-electron chi connectivity index (χ3n) is 7.35. The molecule has 6 rings (SSSR count). The van der Waals surface area contributed by atoms with Crippen molar-refractivity contribution in [2.75, 3.05) is 20.2 Å². The highest BCUT2D eigenvalue weighted by Gasteiger charge is 2.49. The van der Waals surface area contributed by atoms with E-state index in [1.54, 1.807) is 12.0 Å². The number of rotatable bonds is 5. The lowest BCUT2D eigenvalue weighted by Gasteiger charge is -2.47. The number of nitrogens with zero attached hydrogens (tertiary/aromatic N) is 2. The maximum atomic E-state index is 13.9.